The maximum atomic E-state index is 14.3. The van der Waals surface area contributed by atoms with E-state index in [-0.39, 0.29) is 22.9 Å². The van der Waals surface area contributed by atoms with Gasteiger partial charge >= 0.3 is 6.36 Å². The average Bonchev–Trinajstić information content (AvgIpc) is 3.45. The van der Waals surface area contributed by atoms with E-state index in [0.29, 0.717) is 16.8 Å². The molecule has 11 heteroatoms. The van der Waals surface area contributed by atoms with Crippen molar-refractivity contribution in [2.75, 3.05) is 18.0 Å². The van der Waals surface area contributed by atoms with Gasteiger partial charge in [0.1, 0.15) is 17.3 Å². The van der Waals surface area contributed by atoms with Crippen LogP contribution in [-0.4, -0.2) is 41.5 Å². The Kier molecular flexibility index (Phi) is 8.11. The van der Waals surface area contributed by atoms with Crippen LogP contribution in [-0.2, 0) is 0 Å². The standard InChI is InChI=1S/C34H30F4N4O3/c35-24-7-10-31(43)28(19-24)32(30-18-21-3-1-2-4-29(21)40-30)41-33(44)23-15-22(16-27(17-23)45-34(36,37)38)20-5-8-26(9-6-20)42-13-11-25(39)12-14-42/h1-10,15-19,25,32,40,43H,11-14,39H2,(H,41,44). The summed E-state index contributed by atoms with van der Waals surface area (Å²) >= 11 is 0. The normalized spacial score (nSPS) is 14.8. The molecule has 0 bridgehead atoms. The monoisotopic (exact) mass is 618 g/mol. The third-order valence-corrected chi connectivity index (χ3v) is 7.95. The second kappa shape index (κ2) is 12.2. The number of carbonyl (C=O) groups is 1. The number of para-hydroxylation sites is 1. The molecule has 6 rings (SSSR count). The van der Waals surface area contributed by atoms with Crippen LogP contribution >= 0.6 is 0 Å². The average molecular weight is 619 g/mol. The molecular formula is C34H30F4N4O3. The number of hydrogen-bond acceptors (Lipinski definition) is 5. The maximum absolute atomic E-state index is 14.3. The van der Waals surface area contributed by atoms with Crippen LogP contribution < -0.4 is 20.7 Å². The summed E-state index contributed by atoms with van der Waals surface area (Å²) < 4.78 is 58.6. The van der Waals surface area contributed by atoms with E-state index in [9.17, 15) is 27.5 Å². The first-order valence-electron chi connectivity index (χ1n) is 14.4. The fourth-order valence-electron chi connectivity index (χ4n) is 5.66. The summed E-state index contributed by atoms with van der Waals surface area (Å²) in [7, 11) is 0. The number of nitrogens with zero attached hydrogens (tertiary/aromatic N) is 1. The predicted molar refractivity (Wildman–Crippen MR) is 164 cm³/mol. The van der Waals surface area contributed by atoms with Crippen molar-refractivity contribution in [1.82, 2.24) is 10.3 Å². The van der Waals surface area contributed by atoms with Crippen molar-refractivity contribution in [1.29, 1.82) is 0 Å². The molecule has 232 valence electrons. The van der Waals surface area contributed by atoms with Crippen LogP contribution in [0, 0.1) is 5.82 Å². The van der Waals surface area contributed by atoms with Gasteiger partial charge in [-0.05, 0) is 90.0 Å². The summed E-state index contributed by atoms with van der Waals surface area (Å²) in [4.78, 5) is 19.1. The van der Waals surface area contributed by atoms with Crippen molar-refractivity contribution in [2.24, 2.45) is 5.73 Å². The molecule has 1 unspecified atom stereocenters. The van der Waals surface area contributed by atoms with Crippen molar-refractivity contribution in [3.8, 4) is 22.6 Å². The van der Waals surface area contributed by atoms with Gasteiger partial charge in [0.2, 0.25) is 0 Å². The van der Waals surface area contributed by atoms with Crippen molar-refractivity contribution < 1.29 is 32.2 Å². The minimum atomic E-state index is -4.99. The summed E-state index contributed by atoms with van der Waals surface area (Å²) in [6.07, 6.45) is -3.26. The van der Waals surface area contributed by atoms with Crippen LogP contribution in [0.4, 0.5) is 23.2 Å². The largest absolute Gasteiger partial charge is 0.573 e. The first-order valence-corrected chi connectivity index (χ1v) is 14.4. The van der Waals surface area contributed by atoms with Crippen LogP contribution in [0.3, 0.4) is 0 Å². The van der Waals surface area contributed by atoms with Crippen molar-refractivity contribution in [3.05, 3.63) is 114 Å². The number of nitrogens with two attached hydrogens (primary N) is 1. The zero-order chi connectivity index (χ0) is 31.7. The second-order valence-corrected chi connectivity index (χ2v) is 11.1. The molecule has 5 N–H and O–H groups in total. The molecule has 1 amide bonds. The van der Waals surface area contributed by atoms with Gasteiger partial charge in [0, 0.05) is 47.2 Å². The Morgan fingerprint density at radius 2 is 1.69 bits per heavy atom. The predicted octanol–water partition coefficient (Wildman–Crippen LogP) is 7.03. The van der Waals surface area contributed by atoms with E-state index < -0.39 is 29.9 Å². The SMILES string of the molecule is NC1CCN(c2ccc(-c3cc(OC(F)(F)F)cc(C(=O)NC(c4cc5ccccc5[nH]4)c4cc(F)ccc4O)c3)cc2)CC1. The number of phenols is 1. The second-order valence-electron chi connectivity index (χ2n) is 11.1. The number of hydrogen-bond donors (Lipinski definition) is 4. The lowest BCUT2D eigenvalue weighted by molar-refractivity contribution is -0.274. The number of anilines is 1. The number of aromatic amines is 1. The molecule has 2 heterocycles. The highest BCUT2D eigenvalue weighted by molar-refractivity contribution is 5.97. The van der Waals surface area contributed by atoms with Crippen molar-refractivity contribution in [3.63, 3.8) is 0 Å². The number of ether oxygens (including phenoxy) is 1. The number of H-pyrrole nitrogens is 1. The summed E-state index contributed by atoms with van der Waals surface area (Å²) in [6, 6.07) is 22.5. The summed E-state index contributed by atoms with van der Waals surface area (Å²) in [5, 5.41) is 14.2. The molecule has 1 atom stereocenters. The molecular weight excluding hydrogens is 588 g/mol. The fraction of sp³-hybridized carbons (Fsp3) is 0.206. The van der Waals surface area contributed by atoms with E-state index in [0.717, 1.165) is 60.7 Å². The minimum Gasteiger partial charge on any atom is -0.508 e. The number of alkyl halides is 3. The Morgan fingerprint density at radius 1 is 0.956 bits per heavy atom. The van der Waals surface area contributed by atoms with E-state index in [1.54, 1.807) is 18.2 Å². The van der Waals surface area contributed by atoms with Crippen LogP contribution in [0.1, 0.15) is 40.5 Å². The third-order valence-electron chi connectivity index (χ3n) is 7.95. The molecule has 1 aliphatic heterocycles. The van der Waals surface area contributed by atoms with E-state index in [4.69, 9.17) is 5.73 Å². The number of benzene rings is 4. The number of carbonyl (C=O) groups excluding carboxylic acids is 1. The van der Waals surface area contributed by atoms with Crippen LogP contribution in [0.5, 0.6) is 11.5 Å². The molecule has 0 radical (unpaired) electrons. The number of halogens is 4. The molecule has 1 aromatic heterocycles. The fourth-order valence-corrected chi connectivity index (χ4v) is 5.66. The number of piperidine rings is 1. The quantitative estimate of drug-likeness (QED) is 0.147. The number of amides is 1. The van der Waals surface area contributed by atoms with Crippen LogP contribution in [0.2, 0.25) is 0 Å². The van der Waals surface area contributed by atoms with Gasteiger partial charge in [0.05, 0.1) is 6.04 Å². The highest BCUT2D eigenvalue weighted by Gasteiger charge is 2.32. The Morgan fingerprint density at radius 3 is 2.40 bits per heavy atom. The smallest absolute Gasteiger partial charge is 0.508 e. The summed E-state index contributed by atoms with van der Waals surface area (Å²) in [5.74, 6) is -2.25. The zero-order valence-corrected chi connectivity index (χ0v) is 23.9. The van der Waals surface area contributed by atoms with E-state index in [1.807, 2.05) is 36.4 Å². The molecule has 1 aliphatic rings. The minimum absolute atomic E-state index is 0.0621. The number of aromatic hydroxyl groups is 1. The number of aromatic nitrogens is 1. The molecule has 1 saturated heterocycles. The van der Waals surface area contributed by atoms with E-state index >= 15 is 0 Å². The molecule has 0 spiro atoms. The van der Waals surface area contributed by atoms with Crippen LogP contribution in [0.25, 0.3) is 22.0 Å². The highest BCUT2D eigenvalue weighted by Crippen LogP contribution is 2.34. The Balaban J connectivity index is 1.35. The lowest BCUT2D eigenvalue weighted by atomic mass is 9.99. The zero-order valence-electron chi connectivity index (χ0n) is 23.9. The summed E-state index contributed by atoms with van der Waals surface area (Å²) in [5.41, 5.74) is 8.98. The van der Waals surface area contributed by atoms with Gasteiger partial charge in [-0.2, -0.15) is 0 Å². The van der Waals surface area contributed by atoms with Gasteiger partial charge in [0.25, 0.3) is 5.91 Å². The van der Waals surface area contributed by atoms with Gasteiger partial charge in [-0.3, -0.25) is 4.79 Å². The van der Waals surface area contributed by atoms with Gasteiger partial charge in [-0.15, -0.1) is 13.2 Å². The third kappa shape index (κ3) is 6.88. The number of phenolic OH excluding ortho intramolecular Hbond substituents is 1. The van der Waals surface area contributed by atoms with Gasteiger partial charge < -0.3 is 30.8 Å². The number of fused-ring (bicyclic) bond motifs is 1. The molecule has 4 aromatic carbocycles. The Hall–Kier alpha value is -5.03. The molecule has 45 heavy (non-hydrogen) atoms. The topological polar surface area (TPSA) is 104 Å². The first-order chi connectivity index (χ1) is 21.5. The lowest BCUT2D eigenvalue weighted by Gasteiger charge is -2.32. The van der Waals surface area contributed by atoms with Gasteiger partial charge in [-0.1, -0.05) is 30.3 Å². The van der Waals surface area contributed by atoms with E-state index in [2.05, 4.69) is 19.9 Å². The lowest BCUT2D eigenvalue weighted by Crippen LogP contribution is -2.39. The molecule has 0 aliphatic carbocycles. The van der Waals surface area contributed by atoms with Crippen molar-refractivity contribution in [2.45, 2.75) is 31.3 Å². The molecule has 7 nitrogen and oxygen atoms in total. The van der Waals surface area contributed by atoms with Crippen LogP contribution in [0.15, 0.2) is 91.0 Å². The van der Waals surface area contributed by atoms with Gasteiger partial charge in [0.15, 0.2) is 0 Å². The number of rotatable bonds is 7. The maximum Gasteiger partial charge on any atom is 0.573 e. The van der Waals surface area contributed by atoms with Crippen molar-refractivity contribution >= 4 is 22.5 Å². The van der Waals surface area contributed by atoms with E-state index in [1.165, 1.54) is 18.2 Å². The summed E-state index contributed by atoms with van der Waals surface area (Å²) in [6.45, 7) is 1.61. The Labute approximate surface area is 256 Å². The molecule has 0 saturated carbocycles. The number of nitrogens with one attached hydrogen (secondary N) is 2. The highest BCUT2D eigenvalue weighted by atomic mass is 19.4. The Bertz CT molecular complexity index is 1800. The van der Waals surface area contributed by atoms with Gasteiger partial charge in [-0.25, -0.2) is 4.39 Å². The molecule has 5 aromatic rings. The molecule has 1 fully saturated rings. The first kappa shape index (κ1) is 30.0.